The van der Waals surface area contributed by atoms with Gasteiger partial charge in [-0.25, -0.2) is 0 Å². The van der Waals surface area contributed by atoms with E-state index in [-0.39, 0.29) is 24.2 Å². The molecule has 2 unspecified atom stereocenters. The van der Waals surface area contributed by atoms with Crippen molar-refractivity contribution in [1.29, 1.82) is 0 Å². The zero-order valence-electron chi connectivity index (χ0n) is 14.7. The van der Waals surface area contributed by atoms with E-state index in [1.54, 1.807) is 0 Å². The molecular weight excluding hydrogens is 330 g/mol. The van der Waals surface area contributed by atoms with Crippen LogP contribution in [0.1, 0.15) is 46.0 Å². The Kier molecular flexibility index (Phi) is 11.5. The largest absolute Gasteiger partial charge is 0.481 e. The lowest BCUT2D eigenvalue weighted by Gasteiger charge is -2.26. The first kappa shape index (κ1) is 22.7. The second kappa shape index (κ2) is 12.1. The first-order valence-corrected chi connectivity index (χ1v) is 8.86. The molecule has 0 aliphatic carbocycles. The van der Waals surface area contributed by atoms with Crippen LogP contribution < -0.4 is 16.4 Å². The Labute approximate surface area is 149 Å². The smallest absolute Gasteiger partial charge is 0.304 e. The molecule has 24 heavy (non-hydrogen) atoms. The van der Waals surface area contributed by atoms with Gasteiger partial charge in [0.05, 0.1) is 12.3 Å². The Morgan fingerprint density at radius 3 is 2.25 bits per heavy atom. The molecule has 0 radical (unpaired) electrons. The van der Waals surface area contributed by atoms with Crippen LogP contribution in [0, 0.1) is 11.8 Å². The number of carboxylic acid groups (broad SMARTS) is 1. The first-order valence-electron chi connectivity index (χ1n) is 8.34. The molecule has 5 N–H and O–H groups in total. The Morgan fingerprint density at radius 2 is 1.79 bits per heavy atom. The standard InChI is InChI=1S/C16H31N3O4S/c1-10(2)8-11(13(24)9-14(20)21)15(22)19-12(16(23)18-3)6-4-5-7-17/h10-13,24H,4-9,17H2,1-3H3,(H,18,23)(H,19,22)(H,20,21)/t11?,12-,13?/m0/s1. The molecule has 0 aliphatic heterocycles. The SMILES string of the molecule is CNC(=O)[C@H](CCCCN)NC(=O)C(CC(C)C)C(S)CC(=O)O. The maximum atomic E-state index is 12.6. The third kappa shape index (κ3) is 9.12. The average molecular weight is 362 g/mol. The highest BCUT2D eigenvalue weighted by atomic mass is 32.1. The molecule has 0 aromatic heterocycles. The molecule has 7 nitrogen and oxygen atoms in total. The zero-order valence-corrected chi connectivity index (χ0v) is 15.6. The van der Waals surface area contributed by atoms with Gasteiger partial charge in [0.2, 0.25) is 11.8 Å². The summed E-state index contributed by atoms with van der Waals surface area (Å²) in [6.07, 6.45) is 2.30. The molecule has 2 amide bonds. The number of likely N-dealkylation sites (N-methyl/N-ethyl adjacent to an activating group) is 1. The van der Waals surface area contributed by atoms with Crippen molar-refractivity contribution in [1.82, 2.24) is 10.6 Å². The van der Waals surface area contributed by atoms with Crippen LogP contribution in [0.3, 0.4) is 0 Å². The number of amides is 2. The van der Waals surface area contributed by atoms with Crippen LogP contribution >= 0.6 is 12.6 Å². The average Bonchev–Trinajstić information content (AvgIpc) is 2.49. The number of nitrogens with two attached hydrogens (primary N) is 1. The number of carbonyl (C=O) groups is 3. The summed E-state index contributed by atoms with van der Waals surface area (Å²) >= 11 is 4.30. The fourth-order valence-electron chi connectivity index (χ4n) is 2.48. The molecule has 0 bridgehead atoms. The Hall–Kier alpha value is -1.28. The summed E-state index contributed by atoms with van der Waals surface area (Å²) in [5.74, 6) is -1.95. The van der Waals surface area contributed by atoms with Crippen molar-refractivity contribution in [3.05, 3.63) is 0 Å². The van der Waals surface area contributed by atoms with Gasteiger partial charge in [-0.3, -0.25) is 14.4 Å². The van der Waals surface area contributed by atoms with Gasteiger partial charge in [-0.1, -0.05) is 13.8 Å². The van der Waals surface area contributed by atoms with Crippen molar-refractivity contribution in [2.75, 3.05) is 13.6 Å². The van der Waals surface area contributed by atoms with Crippen molar-refractivity contribution >= 4 is 30.4 Å². The number of hydrogen-bond acceptors (Lipinski definition) is 5. The third-order valence-electron chi connectivity index (χ3n) is 3.74. The summed E-state index contributed by atoms with van der Waals surface area (Å²) < 4.78 is 0. The van der Waals surface area contributed by atoms with Crippen LogP contribution in [0.25, 0.3) is 0 Å². The number of nitrogens with one attached hydrogen (secondary N) is 2. The zero-order chi connectivity index (χ0) is 18.7. The van der Waals surface area contributed by atoms with Gasteiger partial charge in [0.15, 0.2) is 0 Å². The highest BCUT2D eigenvalue weighted by Crippen LogP contribution is 2.23. The predicted octanol–water partition coefficient (Wildman–Crippen LogP) is 0.782. The third-order valence-corrected chi connectivity index (χ3v) is 4.28. The lowest BCUT2D eigenvalue weighted by atomic mass is 9.91. The molecule has 0 aromatic rings. The minimum Gasteiger partial charge on any atom is -0.481 e. The number of carboxylic acids is 1. The molecule has 3 atom stereocenters. The minimum atomic E-state index is -0.998. The van der Waals surface area contributed by atoms with Crippen LogP contribution in [-0.4, -0.2) is 47.8 Å². The molecule has 0 aromatic carbocycles. The van der Waals surface area contributed by atoms with Gasteiger partial charge in [0.1, 0.15) is 6.04 Å². The number of rotatable bonds is 12. The molecule has 8 heteroatoms. The van der Waals surface area contributed by atoms with Crippen molar-refractivity contribution in [3.63, 3.8) is 0 Å². The number of hydrogen-bond donors (Lipinski definition) is 5. The van der Waals surface area contributed by atoms with E-state index in [4.69, 9.17) is 10.8 Å². The topological polar surface area (TPSA) is 122 Å². The van der Waals surface area contributed by atoms with Crippen molar-refractivity contribution in [3.8, 4) is 0 Å². The second-order valence-electron chi connectivity index (χ2n) is 6.36. The van der Waals surface area contributed by atoms with Gasteiger partial charge in [-0.05, 0) is 38.1 Å². The van der Waals surface area contributed by atoms with Crippen LogP contribution in [0.5, 0.6) is 0 Å². The van der Waals surface area contributed by atoms with Crippen LogP contribution in [0.15, 0.2) is 0 Å². The van der Waals surface area contributed by atoms with E-state index >= 15 is 0 Å². The molecule has 0 rings (SSSR count). The molecule has 0 fully saturated rings. The van der Waals surface area contributed by atoms with E-state index < -0.39 is 23.2 Å². The summed E-state index contributed by atoms with van der Waals surface area (Å²) in [5, 5.41) is 13.6. The van der Waals surface area contributed by atoms with E-state index in [2.05, 4.69) is 23.3 Å². The van der Waals surface area contributed by atoms with Crippen LogP contribution in [-0.2, 0) is 14.4 Å². The Balaban J connectivity index is 5.00. The van der Waals surface area contributed by atoms with Crippen molar-refractivity contribution in [2.24, 2.45) is 17.6 Å². The maximum Gasteiger partial charge on any atom is 0.304 e. The van der Waals surface area contributed by atoms with Crippen molar-refractivity contribution in [2.45, 2.75) is 57.2 Å². The highest BCUT2D eigenvalue weighted by Gasteiger charge is 2.31. The quantitative estimate of drug-likeness (QED) is 0.260. The monoisotopic (exact) mass is 361 g/mol. The van der Waals surface area contributed by atoms with Gasteiger partial charge in [-0.2, -0.15) is 12.6 Å². The lowest BCUT2D eigenvalue weighted by Crippen LogP contribution is -2.49. The molecule has 0 aliphatic rings. The summed E-state index contributed by atoms with van der Waals surface area (Å²) in [7, 11) is 1.52. The molecule has 0 saturated heterocycles. The Morgan fingerprint density at radius 1 is 1.17 bits per heavy atom. The van der Waals surface area contributed by atoms with Gasteiger partial charge in [0.25, 0.3) is 0 Å². The second-order valence-corrected chi connectivity index (χ2v) is 7.02. The van der Waals surface area contributed by atoms with E-state index in [1.807, 2.05) is 13.8 Å². The minimum absolute atomic E-state index is 0.203. The van der Waals surface area contributed by atoms with E-state index in [1.165, 1.54) is 7.05 Å². The molecule has 0 heterocycles. The predicted molar refractivity (Wildman–Crippen MR) is 96.9 cm³/mol. The van der Waals surface area contributed by atoms with E-state index in [0.29, 0.717) is 19.4 Å². The molecule has 0 spiro atoms. The molecular formula is C16H31N3O4S. The number of unbranched alkanes of at least 4 members (excludes halogenated alkanes) is 1. The van der Waals surface area contributed by atoms with E-state index in [0.717, 1.165) is 12.8 Å². The van der Waals surface area contributed by atoms with Crippen LogP contribution in [0.2, 0.25) is 0 Å². The summed E-state index contributed by atoms with van der Waals surface area (Å²) in [4.78, 5) is 35.5. The fraction of sp³-hybridized carbons (Fsp3) is 0.812. The van der Waals surface area contributed by atoms with Crippen molar-refractivity contribution < 1.29 is 19.5 Å². The summed E-state index contributed by atoms with van der Waals surface area (Å²) in [6.45, 7) is 4.44. The fourth-order valence-corrected chi connectivity index (χ4v) is 2.90. The Bertz CT molecular complexity index is 418. The summed E-state index contributed by atoms with van der Waals surface area (Å²) in [6, 6.07) is -0.644. The van der Waals surface area contributed by atoms with Gasteiger partial charge < -0.3 is 21.5 Å². The molecule has 0 saturated carbocycles. The molecule has 140 valence electrons. The maximum absolute atomic E-state index is 12.6. The highest BCUT2D eigenvalue weighted by molar-refractivity contribution is 7.81. The first-order chi connectivity index (χ1) is 11.2. The van der Waals surface area contributed by atoms with Crippen LogP contribution in [0.4, 0.5) is 0 Å². The number of carbonyl (C=O) groups excluding carboxylic acids is 2. The van der Waals surface area contributed by atoms with Gasteiger partial charge in [0, 0.05) is 12.3 Å². The van der Waals surface area contributed by atoms with E-state index in [9.17, 15) is 14.4 Å². The normalized spacial score (nSPS) is 14.8. The summed E-state index contributed by atoms with van der Waals surface area (Å²) in [5.41, 5.74) is 5.46. The number of thiol groups is 1. The van der Waals surface area contributed by atoms with Gasteiger partial charge in [-0.15, -0.1) is 0 Å². The number of aliphatic carboxylic acids is 1. The van der Waals surface area contributed by atoms with Gasteiger partial charge >= 0.3 is 5.97 Å². The lowest BCUT2D eigenvalue weighted by molar-refractivity contribution is -0.137.